The predicted molar refractivity (Wildman–Crippen MR) is 102 cm³/mol. The number of imide groups is 1. The maximum absolute atomic E-state index is 12.9. The summed E-state index contributed by atoms with van der Waals surface area (Å²) < 4.78 is 41.6. The smallest absolute Gasteiger partial charge is 0.422 e. The molecule has 0 bridgehead atoms. The molecule has 2 fully saturated rings. The Bertz CT molecular complexity index is 935. The van der Waals surface area contributed by atoms with E-state index in [9.17, 15) is 27.6 Å². The van der Waals surface area contributed by atoms with Crippen LogP contribution in [0.3, 0.4) is 0 Å². The van der Waals surface area contributed by atoms with Gasteiger partial charge in [0.15, 0.2) is 6.61 Å². The first-order valence-corrected chi connectivity index (χ1v) is 9.71. The van der Waals surface area contributed by atoms with Gasteiger partial charge in [0, 0.05) is 12.7 Å². The Labute approximate surface area is 176 Å². The van der Waals surface area contributed by atoms with Crippen LogP contribution in [0.1, 0.15) is 37.7 Å². The van der Waals surface area contributed by atoms with Crippen molar-refractivity contribution in [2.24, 2.45) is 0 Å². The average Bonchev–Trinajstić information content (AvgIpc) is 2.89. The molecular weight excluding hydrogens is 417 g/mol. The Kier molecular flexibility index (Phi) is 6.10. The summed E-state index contributed by atoms with van der Waals surface area (Å²) in [5, 5.41) is 11.6. The van der Waals surface area contributed by atoms with Crippen LogP contribution in [-0.2, 0) is 9.59 Å². The largest absolute Gasteiger partial charge is 0.483 e. The van der Waals surface area contributed by atoms with Crippen molar-refractivity contribution < 1.29 is 32.3 Å². The van der Waals surface area contributed by atoms with Crippen molar-refractivity contribution in [1.29, 1.82) is 5.26 Å². The van der Waals surface area contributed by atoms with Crippen LogP contribution in [0.5, 0.6) is 5.75 Å². The molecule has 1 saturated heterocycles. The Morgan fingerprint density at radius 3 is 2.55 bits per heavy atom. The number of hydrogen-bond acceptors (Lipinski definition) is 5. The summed E-state index contributed by atoms with van der Waals surface area (Å²) in [6, 6.07) is 4.73. The van der Waals surface area contributed by atoms with Gasteiger partial charge in [0.1, 0.15) is 23.9 Å². The molecular formula is C20H21F3N4O4. The van der Waals surface area contributed by atoms with Crippen LogP contribution >= 0.6 is 0 Å². The summed E-state index contributed by atoms with van der Waals surface area (Å²) in [7, 11) is 1.56. The maximum Gasteiger partial charge on any atom is 0.422 e. The molecule has 0 unspecified atom stereocenters. The number of nitrogens with one attached hydrogen (secondary N) is 1. The van der Waals surface area contributed by atoms with E-state index in [2.05, 4.69) is 10.1 Å². The number of carbonyl (C=O) groups excluding carboxylic acids is 3. The van der Waals surface area contributed by atoms with Gasteiger partial charge in [0.2, 0.25) is 5.91 Å². The van der Waals surface area contributed by atoms with Gasteiger partial charge in [-0.25, -0.2) is 4.79 Å². The standard InChI is InChI=1S/C20H21F3N4O4/c1-26-18(30)27(17(29)19(26)7-3-2-4-8-19)11-16(28)25-14-5-6-15(13(9-14)10-24)31-12-20(21,22)23/h5-6,9H,2-4,7-8,11-12H2,1H3,(H,25,28). The molecule has 1 aromatic carbocycles. The number of amides is 4. The van der Waals surface area contributed by atoms with E-state index < -0.39 is 42.7 Å². The van der Waals surface area contributed by atoms with Gasteiger partial charge < -0.3 is 15.0 Å². The first-order valence-electron chi connectivity index (χ1n) is 9.71. The van der Waals surface area contributed by atoms with Gasteiger partial charge in [-0.15, -0.1) is 0 Å². The molecule has 1 aliphatic carbocycles. The van der Waals surface area contributed by atoms with Crippen molar-refractivity contribution in [3.05, 3.63) is 23.8 Å². The molecule has 8 nitrogen and oxygen atoms in total. The maximum atomic E-state index is 12.9. The molecule has 0 radical (unpaired) electrons. The highest BCUT2D eigenvalue weighted by molar-refractivity contribution is 6.10. The van der Waals surface area contributed by atoms with Crippen molar-refractivity contribution in [3.63, 3.8) is 0 Å². The van der Waals surface area contributed by atoms with Gasteiger partial charge in [0.25, 0.3) is 5.91 Å². The topological polar surface area (TPSA) is 103 Å². The number of urea groups is 1. The minimum absolute atomic E-state index is 0.126. The minimum Gasteiger partial charge on any atom is -0.483 e. The second kappa shape index (κ2) is 8.45. The molecule has 1 spiro atoms. The third-order valence-corrected chi connectivity index (χ3v) is 5.56. The minimum atomic E-state index is -4.56. The number of carbonyl (C=O) groups is 3. The molecule has 3 rings (SSSR count). The number of ether oxygens (including phenoxy) is 1. The highest BCUT2D eigenvalue weighted by atomic mass is 19.4. The number of halogens is 3. The Morgan fingerprint density at radius 1 is 1.26 bits per heavy atom. The monoisotopic (exact) mass is 438 g/mol. The van der Waals surface area contributed by atoms with Crippen LogP contribution in [0.2, 0.25) is 0 Å². The number of hydrogen-bond donors (Lipinski definition) is 1. The summed E-state index contributed by atoms with van der Waals surface area (Å²) in [6.07, 6.45) is -0.820. The van der Waals surface area contributed by atoms with Crippen LogP contribution in [0.15, 0.2) is 18.2 Å². The Hall–Kier alpha value is -3.29. The molecule has 31 heavy (non-hydrogen) atoms. The van der Waals surface area contributed by atoms with Crippen LogP contribution in [-0.4, -0.2) is 59.6 Å². The average molecular weight is 438 g/mol. The lowest BCUT2D eigenvalue weighted by Gasteiger charge is -2.35. The molecule has 0 atom stereocenters. The van der Waals surface area contributed by atoms with Crippen LogP contribution in [0.4, 0.5) is 23.7 Å². The molecule has 1 aliphatic heterocycles. The van der Waals surface area contributed by atoms with Crippen LogP contribution in [0, 0.1) is 11.3 Å². The number of likely N-dealkylation sites (N-methyl/N-ethyl adjacent to an activating group) is 1. The predicted octanol–water partition coefficient (Wildman–Crippen LogP) is 3.03. The summed E-state index contributed by atoms with van der Waals surface area (Å²) in [5.74, 6) is -1.34. The number of alkyl halides is 3. The highest BCUT2D eigenvalue weighted by Gasteiger charge is 2.55. The number of nitriles is 1. The van der Waals surface area contributed by atoms with Crippen molar-refractivity contribution in [2.75, 3.05) is 25.5 Å². The fraction of sp³-hybridized carbons (Fsp3) is 0.500. The van der Waals surface area contributed by atoms with Crippen molar-refractivity contribution >= 4 is 23.5 Å². The number of benzene rings is 1. The SMILES string of the molecule is CN1C(=O)N(CC(=O)Nc2ccc(OCC(F)(F)F)c(C#N)c2)C(=O)C12CCCCC2. The van der Waals surface area contributed by atoms with E-state index in [4.69, 9.17) is 5.26 Å². The normalized spacial score (nSPS) is 18.3. The summed E-state index contributed by atoms with van der Waals surface area (Å²) >= 11 is 0. The van der Waals surface area contributed by atoms with E-state index in [0.717, 1.165) is 36.3 Å². The zero-order chi connectivity index (χ0) is 22.8. The van der Waals surface area contributed by atoms with Gasteiger partial charge in [-0.3, -0.25) is 14.5 Å². The van der Waals surface area contributed by atoms with Crippen molar-refractivity contribution in [2.45, 2.75) is 43.8 Å². The molecule has 11 heteroatoms. The molecule has 166 valence electrons. The molecule has 2 aliphatic rings. The number of nitrogens with zero attached hydrogens (tertiary/aromatic N) is 3. The molecule has 1 N–H and O–H groups in total. The highest BCUT2D eigenvalue weighted by Crippen LogP contribution is 2.39. The Morgan fingerprint density at radius 2 is 1.94 bits per heavy atom. The van der Waals surface area contributed by atoms with E-state index in [1.807, 2.05) is 0 Å². The lowest BCUT2D eigenvalue weighted by atomic mass is 9.81. The fourth-order valence-corrected chi connectivity index (χ4v) is 4.00. The summed E-state index contributed by atoms with van der Waals surface area (Å²) in [5.41, 5.74) is -0.974. The van der Waals surface area contributed by atoms with E-state index in [0.29, 0.717) is 12.8 Å². The van der Waals surface area contributed by atoms with E-state index in [1.54, 1.807) is 13.1 Å². The zero-order valence-electron chi connectivity index (χ0n) is 16.8. The van der Waals surface area contributed by atoms with Crippen LogP contribution < -0.4 is 10.1 Å². The fourth-order valence-electron chi connectivity index (χ4n) is 4.00. The quantitative estimate of drug-likeness (QED) is 0.712. The van der Waals surface area contributed by atoms with Gasteiger partial charge in [0.05, 0.1) is 5.56 Å². The molecule has 0 aromatic heterocycles. The van der Waals surface area contributed by atoms with E-state index >= 15 is 0 Å². The Balaban J connectivity index is 1.67. The third kappa shape index (κ3) is 4.57. The lowest BCUT2D eigenvalue weighted by Crippen LogP contribution is -2.49. The molecule has 4 amide bonds. The molecule has 1 aromatic rings. The number of rotatable bonds is 5. The van der Waals surface area contributed by atoms with Gasteiger partial charge in [-0.05, 0) is 31.0 Å². The molecule has 1 saturated carbocycles. The number of anilines is 1. The summed E-state index contributed by atoms with van der Waals surface area (Å²) in [6.45, 7) is -2.06. The second-order valence-corrected chi connectivity index (χ2v) is 7.60. The van der Waals surface area contributed by atoms with Crippen molar-refractivity contribution in [1.82, 2.24) is 9.80 Å². The van der Waals surface area contributed by atoms with Gasteiger partial charge in [-0.1, -0.05) is 19.3 Å². The summed E-state index contributed by atoms with van der Waals surface area (Å²) in [4.78, 5) is 40.3. The first-order chi connectivity index (χ1) is 14.6. The lowest BCUT2D eigenvalue weighted by molar-refractivity contribution is -0.153. The zero-order valence-corrected chi connectivity index (χ0v) is 16.8. The second-order valence-electron chi connectivity index (χ2n) is 7.60. The first kappa shape index (κ1) is 22.4. The van der Waals surface area contributed by atoms with E-state index in [1.165, 1.54) is 11.0 Å². The van der Waals surface area contributed by atoms with Gasteiger partial charge >= 0.3 is 12.2 Å². The van der Waals surface area contributed by atoms with Crippen molar-refractivity contribution in [3.8, 4) is 11.8 Å². The third-order valence-electron chi connectivity index (χ3n) is 5.56. The van der Waals surface area contributed by atoms with Gasteiger partial charge in [-0.2, -0.15) is 18.4 Å². The van der Waals surface area contributed by atoms with E-state index in [-0.39, 0.29) is 17.0 Å². The van der Waals surface area contributed by atoms with Crippen LogP contribution in [0.25, 0.3) is 0 Å². The molecule has 1 heterocycles.